The molecule has 1 aromatic carbocycles. The van der Waals surface area contributed by atoms with Gasteiger partial charge in [0.2, 0.25) is 0 Å². The van der Waals surface area contributed by atoms with Gasteiger partial charge in [-0.15, -0.1) is 0 Å². The minimum absolute atomic E-state index is 0.0310. The van der Waals surface area contributed by atoms with Crippen LogP contribution in [-0.2, 0) is 19.8 Å². The smallest absolute Gasteiger partial charge is 0.323 e. The molecular weight excluding hydrogens is 396 g/mol. The summed E-state index contributed by atoms with van der Waals surface area (Å²) in [5.74, 6) is 0. The number of nitrogens with one attached hydrogen (secondary N) is 1. The Hall–Kier alpha value is -2.35. The van der Waals surface area contributed by atoms with Gasteiger partial charge in [-0.25, -0.2) is 0 Å². The van der Waals surface area contributed by atoms with Crippen molar-refractivity contribution >= 4 is 23.8 Å². The second-order valence-electron chi connectivity index (χ2n) is 5.86. The minimum Gasteiger partial charge on any atom is -0.323 e. The molecule has 0 fully saturated rings. The van der Waals surface area contributed by atoms with Crippen LogP contribution in [0.1, 0.15) is 19.4 Å². The molecule has 28 heavy (non-hydrogen) atoms. The first-order valence-electron chi connectivity index (χ1n) is 8.51. The summed E-state index contributed by atoms with van der Waals surface area (Å²) in [6.07, 6.45) is -1.67. The van der Waals surface area contributed by atoms with Crippen LogP contribution in [0.4, 0.5) is 13.2 Å². The third-order valence-corrected chi connectivity index (χ3v) is 6.14. The molecule has 0 bridgehead atoms. The number of benzene rings is 1. The number of rotatable bonds is 6. The van der Waals surface area contributed by atoms with Crippen molar-refractivity contribution in [3.8, 4) is 5.69 Å². The van der Waals surface area contributed by atoms with E-state index in [9.17, 15) is 22.5 Å². The summed E-state index contributed by atoms with van der Waals surface area (Å²) >= 11 is 0. The number of halogens is 3. The van der Waals surface area contributed by atoms with Crippen molar-refractivity contribution in [2.24, 2.45) is 0 Å². The maximum absolute atomic E-state index is 13.5. The van der Waals surface area contributed by atoms with Crippen LogP contribution in [0.2, 0.25) is 0 Å². The lowest BCUT2D eigenvalue weighted by atomic mass is 10.1. The van der Waals surface area contributed by atoms with E-state index in [4.69, 9.17) is 9.05 Å². The number of aromatic nitrogens is 2. The van der Waals surface area contributed by atoms with E-state index < -0.39 is 24.9 Å². The van der Waals surface area contributed by atoms with Crippen molar-refractivity contribution < 1.29 is 26.8 Å². The molecule has 0 aliphatic rings. The Labute approximate surface area is 158 Å². The van der Waals surface area contributed by atoms with Crippen LogP contribution < -0.4 is 10.9 Å². The van der Waals surface area contributed by atoms with E-state index in [0.717, 1.165) is 6.07 Å². The Morgan fingerprint density at radius 2 is 1.68 bits per heavy atom. The predicted octanol–water partition coefficient (Wildman–Crippen LogP) is 4.23. The molecule has 0 saturated heterocycles. The van der Waals surface area contributed by atoms with Crippen molar-refractivity contribution in [3.63, 3.8) is 0 Å². The number of alkyl halides is 3. The van der Waals surface area contributed by atoms with E-state index in [-0.39, 0.29) is 35.1 Å². The fraction of sp³-hybridized carbons (Fsp3) is 0.278. The van der Waals surface area contributed by atoms with Crippen LogP contribution in [0.25, 0.3) is 16.6 Å². The van der Waals surface area contributed by atoms with E-state index in [0.29, 0.717) is 0 Å². The Morgan fingerprint density at radius 1 is 1.07 bits per heavy atom. The molecule has 0 aliphatic heterocycles. The molecule has 2 heterocycles. The number of pyridine rings is 1. The molecule has 3 aromatic rings. The van der Waals surface area contributed by atoms with Gasteiger partial charge in [0.15, 0.2) is 0 Å². The van der Waals surface area contributed by atoms with E-state index in [2.05, 4.69) is 4.98 Å². The summed E-state index contributed by atoms with van der Waals surface area (Å²) in [5.41, 5.74) is -1.88. The number of hydrogen-bond acceptors (Lipinski definition) is 4. The van der Waals surface area contributed by atoms with Crippen LogP contribution in [-0.4, -0.2) is 22.8 Å². The van der Waals surface area contributed by atoms with Crippen molar-refractivity contribution in [1.82, 2.24) is 9.55 Å². The second kappa shape index (κ2) is 7.58. The Kier molecular flexibility index (Phi) is 5.52. The maximum Gasteiger partial charge on any atom is 0.418 e. The van der Waals surface area contributed by atoms with E-state index >= 15 is 0 Å². The first-order chi connectivity index (χ1) is 13.2. The van der Waals surface area contributed by atoms with Crippen LogP contribution in [0, 0.1) is 0 Å². The molecule has 0 unspecified atom stereocenters. The maximum atomic E-state index is 13.5. The molecule has 6 nitrogen and oxygen atoms in total. The van der Waals surface area contributed by atoms with Gasteiger partial charge in [0, 0.05) is 23.3 Å². The van der Waals surface area contributed by atoms with Crippen LogP contribution in [0.5, 0.6) is 0 Å². The van der Waals surface area contributed by atoms with Gasteiger partial charge in [0.05, 0.1) is 24.5 Å². The van der Waals surface area contributed by atoms with E-state index in [1.807, 2.05) is 0 Å². The summed E-state index contributed by atoms with van der Waals surface area (Å²) in [6.45, 7) is 3.27. The lowest BCUT2D eigenvalue weighted by Gasteiger charge is -2.18. The molecule has 0 spiro atoms. The largest absolute Gasteiger partial charge is 0.418 e. The molecule has 0 radical (unpaired) electrons. The van der Waals surface area contributed by atoms with Gasteiger partial charge in [-0.2, -0.15) is 13.2 Å². The summed E-state index contributed by atoms with van der Waals surface area (Å²) in [6, 6.07) is 6.59. The highest BCUT2D eigenvalue weighted by Gasteiger charge is 2.35. The first-order valence-corrected chi connectivity index (χ1v) is 10.0. The molecule has 1 N–H and O–H groups in total. The molecule has 2 aromatic heterocycles. The average Bonchev–Trinajstić information content (AvgIpc) is 3.14. The Bertz CT molecular complexity index is 1080. The van der Waals surface area contributed by atoms with Crippen LogP contribution in [0.3, 0.4) is 0 Å². The second-order valence-corrected chi connectivity index (χ2v) is 7.85. The number of hydrogen-bond donors (Lipinski definition) is 1. The molecule has 0 saturated carbocycles. The SMILES string of the molecule is CCOP(=O)(OCC)c1cc2cc(-n3cccc3)c(C(F)(F)F)cc2[nH]c1=O. The zero-order chi connectivity index (χ0) is 20.5. The standard InChI is InChI=1S/C18H18F3N2O4P/c1-3-26-28(25,27-4-2)16-10-12-9-15(23-7-5-6-8-23)13(18(19,20)21)11-14(12)22-17(16)24/h5-11H,3-4H2,1-2H3,(H,22,24). The number of aromatic amines is 1. The lowest BCUT2D eigenvalue weighted by molar-refractivity contribution is -0.137. The molecular formula is C18H18F3N2O4P. The summed E-state index contributed by atoms with van der Waals surface area (Å²) in [4.78, 5) is 14.8. The Balaban J connectivity index is 2.30. The average molecular weight is 414 g/mol. The highest BCUT2D eigenvalue weighted by Crippen LogP contribution is 2.46. The van der Waals surface area contributed by atoms with Gasteiger partial charge in [0.1, 0.15) is 5.30 Å². The topological polar surface area (TPSA) is 73.3 Å². The van der Waals surface area contributed by atoms with Gasteiger partial charge in [-0.1, -0.05) is 0 Å². The third kappa shape index (κ3) is 3.78. The summed E-state index contributed by atoms with van der Waals surface area (Å²) in [7, 11) is -3.91. The molecule has 3 rings (SSSR count). The van der Waals surface area contributed by atoms with Crippen molar-refractivity contribution in [2.75, 3.05) is 13.2 Å². The number of H-pyrrole nitrogens is 1. The number of fused-ring (bicyclic) bond motifs is 1. The zero-order valence-electron chi connectivity index (χ0n) is 15.1. The van der Waals surface area contributed by atoms with Gasteiger partial charge in [-0.05, 0) is 44.2 Å². The van der Waals surface area contributed by atoms with Gasteiger partial charge < -0.3 is 18.6 Å². The van der Waals surface area contributed by atoms with Gasteiger partial charge in [-0.3, -0.25) is 9.36 Å². The molecule has 0 aliphatic carbocycles. The van der Waals surface area contributed by atoms with Crippen molar-refractivity contribution in [2.45, 2.75) is 20.0 Å². The van der Waals surface area contributed by atoms with Gasteiger partial charge in [0.25, 0.3) is 5.56 Å². The highest BCUT2D eigenvalue weighted by atomic mass is 31.2. The fourth-order valence-corrected chi connectivity index (χ4v) is 4.52. The van der Waals surface area contributed by atoms with Gasteiger partial charge >= 0.3 is 13.8 Å². The molecule has 10 heteroatoms. The highest BCUT2D eigenvalue weighted by molar-refractivity contribution is 7.62. The van der Waals surface area contributed by atoms with E-state index in [1.54, 1.807) is 26.0 Å². The molecule has 0 atom stereocenters. The zero-order valence-corrected chi connectivity index (χ0v) is 16.0. The van der Waals surface area contributed by atoms with Crippen LogP contribution >= 0.6 is 7.60 Å². The quantitative estimate of drug-likeness (QED) is 0.613. The normalized spacial score (nSPS) is 12.6. The predicted molar refractivity (Wildman–Crippen MR) is 99.4 cm³/mol. The Morgan fingerprint density at radius 3 is 2.21 bits per heavy atom. The number of nitrogens with zero attached hydrogens (tertiary/aromatic N) is 1. The summed E-state index contributed by atoms with van der Waals surface area (Å²) < 4.78 is 65.3. The van der Waals surface area contributed by atoms with Crippen LogP contribution in [0.15, 0.2) is 47.5 Å². The third-order valence-electron chi connectivity index (χ3n) is 4.02. The molecule has 150 valence electrons. The first kappa shape index (κ1) is 20.4. The monoisotopic (exact) mass is 414 g/mol. The molecule has 0 amide bonds. The van der Waals surface area contributed by atoms with Crippen molar-refractivity contribution in [3.05, 3.63) is 58.6 Å². The summed E-state index contributed by atoms with van der Waals surface area (Å²) in [5, 5.41) is 0.0212. The fourth-order valence-electron chi connectivity index (χ4n) is 2.89. The van der Waals surface area contributed by atoms with Crippen molar-refractivity contribution in [1.29, 1.82) is 0 Å². The van der Waals surface area contributed by atoms with E-state index in [1.165, 1.54) is 29.1 Å². The lowest BCUT2D eigenvalue weighted by Crippen LogP contribution is -2.29. The minimum atomic E-state index is -4.63.